The van der Waals surface area contributed by atoms with Crippen LogP contribution in [0.1, 0.15) is 54.2 Å². The van der Waals surface area contributed by atoms with Crippen LogP contribution in [-0.2, 0) is 4.79 Å². The van der Waals surface area contributed by atoms with Gasteiger partial charge in [0, 0.05) is 29.1 Å². The Labute approximate surface area is 196 Å². The second-order valence-corrected chi connectivity index (χ2v) is 8.48. The summed E-state index contributed by atoms with van der Waals surface area (Å²) < 4.78 is 13.7. The molecule has 8 heteroatoms. The lowest BCUT2D eigenvalue weighted by Crippen LogP contribution is -2.47. The third-order valence-corrected chi connectivity index (χ3v) is 6.00. The Morgan fingerprint density at radius 1 is 1.00 bits per heavy atom. The maximum atomic E-state index is 13.7. The molecule has 4 rings (SSSR count). The smallest absolute Gasteiger partial charge is 0.279 e. The minimum Gasteiger partial charge on any atom is -0.351 e. The first-order valence-corrected chi connectivity index (χ1v) is 11.3. The van der Waals surface area contributed by atoms with E-state index in [0.29, 0.717) is 16.3 Å². The van der Waals surface area contributed by atoms with Crippen molar-refractivity contribution >= 4 is 29.1 Å². The van der Waals surface area contributed by atoms with Crippen LogP contribution in [0.4, 0.5) is 10.1 Å². The number of anilines is 1. The SMILES string of the molecule is O=C(NC1CCCCC1)C(c1ccc(F)cc1)N(C(=O)c1cnccn1)c1ccc(Cl)cc1. The zero-order valence-corrected chi connectivity index (χ0v) is 18.7. The van der Waals surface area contributed by atoms with Gasteiger partial charge in [0.05, 0.1) is 6.20 Å². The van der Waals surface area contributed by atoms with Crippen molar-refractivity contribution in [3.05, 3.63) is 89.2 Å². The lowest BCUT2D eigenvalue weighted by molar-refractivity contribution is -0.123. The van der Waals surface area contributed by atoms with Crippen molar-refractivity contribution < 1.29 is 14.0 Å². The molecule has 0 aliphatic heterocycles. The van der Waals surface area contributed by atoms with Crippen molar-refractivity contribution in [3.63, 3.8) is 0 Å². The molecule has 1 aliphatic carbocycles. The van der Waals surface area contributed by atoms with Crippen LogP contribution >= 0.6 is 11.6 Å². The molecule has 2 aromatic carbocycles. The molecule has 0 saturated heterocycles. The molecule has 1 N–H and O–H groups in total. The summed E-state index contributed by atoms with van der Waals surface area (Å²) in [6, 6.07) is 11.2. The summed E-state index contributed by atoms with van der Waals surface area (Å²) in [5.74, 6) is -1.26. The van der Waals surface area contributed by atoms with Gasteiger partial charge >= 0.3 is 0 Å². The molecule has 170 valence electrons. The van der Waals surface area contributed by atoms with Crippen LogP contribution in [0.5, 0.6) is 0 Å². The molecular formula is C25H24ClFN4O2. The van der Waals surface area contributed by atoms with Crippen LogP contribution in [0.15, 0.2) is 67.1 Å². The van der Waals surface area contributed by atoms with E-state index in [9.17, 15) is 14.0 Å². The third kappa shape index (κ3) is 5.54. The molecule has 3 aromatic rings. The number of hydrogen-bond donors (Lipinski definition) is 1. The zero-order valence-electron chi connectivity index (χ0n) is 18.0. The summed E-state index contributed by atoms with van der Waals surface area (Å²) in [6.45, 7) is 0. The van der Waals surface area contributed by atoms with Gasteiger partial charge in [0.15, 0.2) is 0 Å². The van der Waals surface area contributed by atoms with E-state index < -0.39 is 17.8 Å². The van der Waals surface area contributed by atoms with Gasteiger partial charge < -0.3 is 5.32 Å². The molecule has 6 nitrogen and oxygen atoms in total. The van der Waals surface area contributed by atoms with Gasteiger partial charge in [-0.1, -0.05) is 43.0 Å². The third-order valence-electron chi connectivity index (χ3n) is 5.75. The fraction of sp³-hybridized carbons (Fsp3) is 0.280. The van der Waals surface area contributed by atoms with Crippen molar-refractivity contribution in [1.82, 2.24) is 15.3 Å². The molecule has 0 spiro atoms. The van der Waals surface area contributed by atoms with Crippen LogP contribution in [-0.4, -0.2) is 27.8 Å². The van der Waals surface area contributed by atoms with Crippen molar-refractivity contribution in [2.24, 2.45) is 0 Å². The summed E-state index contributed by atoms with van der Waals surface area (Å²) in [5.41, 5.74) is 1.03. The van der Waals surface area contributed by atoms with Gasteiger partial charge in [-0.05, 0) is 54.8 Å². The number of hydrogen-bond acceptors (Lipinski definition) is 4. The highest BCUT2D eigenvalue weighted by atomic mass is 35.5. The Hall–Kier alpha value is -3.32. The molecule has 0 bridgehead atoms. The second kappa shape index (κ2) is 10.5. The van der Waals surface area contributed by atoms with Crippen molar-refractivity contribution in [1.29, 1.82) is 0 Å². The Kier molecular flexibility index (Phi) is 7.29. The molecule has 1 aliphatic rings. The van der Waals surface area contributed by atoms with Crippen LogP contribution in [0.25, 0.3) is 0 Å². The van der Waals surface area contributed by atoms with Crippen LogP contribution in [0.2, 0.25) is 5.02 Å². The minimum atomic E-state index is -1.04. The highest BCUT2D eigenvalue weighted by molar-refractivity contribution is 6.30. The van der Waals surface area contributed by atoms with Crippen molar-refractivity contribution in [2.45, 2.75) is 44.2 Å². The molecular weight excluding hydrogens is 443 g/mol. The summed E-state index contributed by atoms with van der Waals surface area (Å²) in [4.78, 5) is 36.8. The molecule has 1 heterocycles. The topological polar surface area (TPSA) is 75.2 Å². The van der Waals surface area contributed by atoms with E-state index in [4.69, 9.17) is 11.6 Å². The molecule has 0 radical (unpaired) electrons. The molecule has 33 heavy (non-hydrogen) atoms. The molecule has 1 atom stereocenters. The molecule has 1 saturated carbocycles. The maximum absolute atomic E-state index is 13.7. The number of halogens is 2. The molecule has 1 fully saturated rings. The van der Waals surface area contributed by atoms with Crippen LogP contribution in [0, 0.1) is 5.82 Å². The van der Waals surface area contributed by atoms with Gasteiger partial charge in [0.2, 0.25) is 5.91 Å². The number of amides is 2. The van der Waals surface area contributed by atoms with Gasteiger partial charge in [-0.15, -0.1) is 0 Å². The standard InChI is InChI=1S/C25H24ClFN4O2/c26-18-8-12-21(13-9-18)31(25(33)22-16-28-14-15-29-22)23(17-6-10-19(27)11-7-17)24(32)30-20-4-2-1-3-5-20/h6-16,20,23H,1-5H2,(H,30,32). The first-order valence-electron chi connectivity index (χ1n) is 10.9. The van der Waals surface area contributed by atoms with E-state index in [1.165, 1.54) is 47.8 Å². The molecule has 2 amide bonds. The van der Waals surface area contributed by atoms with Gasteiger partial charge in [0.25, 0.3) is 5.91 Å². The van der Waals surface area contributed by atoms with Crippen molar-refractivity contribution in [3.8, 4) is 0 Å². The fourth-order valence-corrected chi connectivity index (χ4v) is 4.23. The number of nitrogens with zero attached hydrogens (tertiary/aromatic N) is 3. The van der Waals surface area contributed by atoms with Crippen molar-refractivity contribution in [2.75, 3.05) is 4.90 Å². The Morgan fingerprint density at radius 3 is 2.33 bits per heavy atom. The summed E-state index contributed by atoms with van der Waals surface area (Å²) in [7, 11) is 0. The Bertz CT molecular complexity index is 1090. The number of benzene rings is 2. The fourth-order valence-electron chi connectivity index (χ4n) is 4.11. The van der Waals surface area contributed by atoms with Gasteiger partial charge in [-0.3, -0.25) is 19.5 Å². The maximum Gasteiger partial charge on any atom is 0.279 e. The Morgan fingerprint density at radius 2 is 1.70 bits per heavy atom. The average molecular weight is 467 g/mol. The summed E-state index contributed by atoms with van der Waals surface area (Å²) in [5, 5.41) is 3.61. The van der Waals surface area contributed by atoms with E-state index >= 15 is 0 Å². The number of rotatable bonds is 6. The van der Waals surface area contributed by atoms with Crippen LogP contribution in [0.3, 0.4) is 0 Å². The lowest BCUT2D eigenvalue weighted by Gasteiger charge is -2.33. The predicted octanol–water partition coefficient (Wildman–Crippen LogP) is 5.11. The summed E-state index contributed by atoms with van der Waals surface area (Å²) >= 11 is 6.07. The molecule has 1 aromatic heterocycles. The quantitative estimate of drug-likeness (QED) is 0.548. The first-order chi connectivity index (χ1) is 16.0. The zero-order chi connectivity index (χ0) is 23.2. The Balaban J connectivity index is 1.79. The largest absolute Gasteiger partial charge is 0.351 e. The number of nitrogens with one attached hydrogen (secondary N) is 1. The summed E-state index contributed by atoms with van der Waals surface area (Å²) in [6.07, 6.45) is 9.26. The highest BCUT2D eigenvalue weighted by Gasteiger charge is 2.35. The van der Waals surface area contributed by atoms with E-state index in [0.717, 1.165) is 32.1 Å². The number of aromatic nitrogens is 2. The average Bonchev–Trinajstić information content (AvgIpc) is 2.85. The van der Waals surface area contributed by atoms with Gasteiger partial charge in [0.1, 0.15) is 17.6 Å². The monoisotopic (exact) mass is 466 g/mol. The van der Waals surface area contributed by atoms with E-state index in [1.807, 2.05) is 0 Å². The minimum absolute atomic E-state index is 0.0351. The number of carbonyl (C=O) groups excluding carboxylic acids is 2. The first kappa shape index (κ1) is 22.9. The van der Waals surface area contributed by atoms with E-state index in [1.54, 1.807) is 24.3 Å². The van der Waals surface area contributed by atoms with E-state index in [-0.39, 0.29) is 17.6 Å². The van der Waals surface area contributed by atoms with Crippen LogP contribution < -0.4 is 10.2 Å². The van der Waals surface area contributed by atoms with Gasteiger partial charge in [-0.25, -0.2) is 9.37 Å². The molecule has 1 unspecified atom stereocenters. The van der Waals surface area contributed by atoms with Gasteiger partial charge in [-0.2, -0.15) is 0 Å². The number of carbonyl (C=O) groups is 2. The lowest BCUT2D eigenvalue weighted by atomic mass is 9.94. The highest BCUT2D eigenvalue weighted by Crippen LogP contribution is 2.31. The normalized spacial score (nSPS) is 15.0. The second-order valence-electron chi connectivity index (χ2n) is 8.04. The predicted molar refractivity (Wildman–Crippen MR) is 124 cm³/mol. The van der Waals surface area contributed by atoms with E-state index in [2.05, 4.69) is 15.3 Å².